The second kappa shape index (κ2) is 4.96. The van der Waals surface area contributed by atoms with Crippen LogP contribution in [0.2, 0.25) is 0 Å². The van der Waals surface area contributed by atoms with Gasteiger partial charge in [0, 0.05) is 24.0 Å². The van der Waals surface area contributed by atoms with Crippen molar-refractivity contribution in [3.05, 3.63) is 23.8 Å². The molecule has 4 nitrogen and oxygen atoms in total. The standard InChI is InChI=1S/C12H16BrNO3/c1-12(2,7-13)14(3)11(17)9-5-4-8(15)6-10(9)16/h4-6,15-16H,7H2,1-3H3. The maximum Gasteiger partial charge on any atom is 0.257 e. The fourth-order valence-corrected chi connectivity index (χ4v) is 1.62. The van der Waals surface area contributed by atoms with Crippen LogP contribution in [0.4, 0.5) is 0 Å². The minimum absolute atomic E-state index is 0.0681. The van der Waals surface area contributed by atoms with Gasteiger partial charge in [0.25, 0.3) is 5.91 Å². The van der Waals surface area contributed by atoms with Gasteiger partial charge in [-0.1, -0.05) is 15.9 Å². The molecule has 1 aromatic rings. The molecule has 0 bridgehead atoms. The highest BCUT2D eigenvalue weighted by molar-refractivity contribution is 9.09. The number of benzene rings is 1. The first kappa shape index (κ1) is 13.8. The van der Waals surface area contributed by atoms with Crippen molar-refractivity contribution < 1.29 is 15.0 Å². The monoisotopic (exact) mass is 301 g/mol. The van der Waals surface area contributed by atoms with Crippen molar-refractivity contribution in [1.82, 2.24) is 4.90 Å². The molecule has 1 amide bonds. The van der Waals surface area contributed by atoms with Gasteiger partial charge in [-0.2, -0.15) is 0 Å². The smallest absolute Gasteiger partial charge is 0.257 e. The van der Waals surface area contributed by atoms with E-state index in [1.54, 1.807) is 11.9 Å². The maximum absolute atomic E-state index is 12.1. The Bertz CT molecular complexity index is 432. The Kier molecular flexibility index (Phi) is 4.03. The van der Waals surface area contributed by atoms with Gasteiger partial charge in [0.1, 0.15) is 11.5 Å². The lowest BCUT2D eigenvalue weighted by molar-refractivity contribution is 0.0660. The number of halogens is 1. The van der Waals surface area contributed by atoms with Crippen molar-refractivity contribution in [2.45, 2.75) is 19.4 Å². The van der Waals surface area contributed by atoms with Gasteiger partial charge in [-0.15, -0.1) is 0 Å². The van der Waals surface area contributed by atoms with Gasteiger partial charge in [-0.3, -0.25) is 4.79 Å². The van der Waals surface area contributed by atoms with Gasteiger partial charge in [-0.05, 0) is 26.0 Å². The Hall–Kier alpha value is -1.23. The summed E-state index contributed by atoms with van der Waals surface area (Å²) >= 11 is 3.35. The summed E-state index contributed by atoms with van der Waals surface area (Å²) in [5.74, 6) is -0.569. The van der Waals surface area contributed by atoms with E-state index in [2.05, 4.69) is 15.9 Å². The van der Waals surface area contributed by atoms with Gasteiger partial charge in [0.15, 0.2) is 0 Å². The molecule has 0 atom stereocenters. The molecule has 17 heavy (non-hydrogen) atoms. The Morgan fingerprint density at radius 2 is 2.00 bits per heavy atom. The highest BCUT2D eigenvalue weighted by atomic mass is 79.9. The number of aromatic hydroxyl groups is 2. The van der Waals surface area contributed by atoms with E-state index < -0.39 is 0 Å². The normalized spacial score (nSPS) is 11.3. The number of alkyl halides is 1. The largest absolute Gasteiger partial charge is 0.508 e. The Morgan fingerprint density at radius 3 is 2.47 bits per heavy atom. The van der Waals surface area contributed by atoms with E-state index >= 15 is 0 Å². The zero-order chi connectivity index (χ0) is 13.2. The molecule has 0 aromatic heterocycles. The zero-order valence-corrected chi connectivity index (χ0v) is 11.7. The van der Waals surface area contributed by atoms with E-state index in [1.165, 1.54) is 12.1 Å². The molecule has 0 saturated heterocycles. The number of phenols is 2. The van der Waals surface area contributed by atoms with Crippen LogP contribution in [0.1, 0.15) is 24.2 Å². The first-order valence-electron chi connectivity index (χ1n) is 5.15. The minimum atomic E-state index is -0.360. The van der Waals surface area contributed by atoms with E-state index in [-0.39, 0.29) is 28.5 Å². The molecule has 0 saturated carbocycles. The number of hydrogen-bond donors (Lipinski definition) is 2. The number of hydrogen-bond acceptors (Lipinski definition) is 3. The van der Waals surface area contributed by atoms with Crippen LogP contribution in [0.15, 0.2) is 18.2 Å². The Labute approximate surface area is 109 Å². The first-order chi connectivity index (χ1) is 7.79. The molecule has 0 aliphatic heterocycles. The topological polar surface area (TPSA) is 60.8 Å². The summed E-state index contributed by atoms with van der Waals surface area (Å²) in [5, 5.41) is 19.4. The van der Waals surface area contributed by atoms with Crippen molar-refractivity contribution in [3.63, 3.8) is 0 Å². The minimum Gasteiger partial charge on any atom is -0.508 e. The molecule has 0 unspecified atom stereocenters. The lowest BCUT2D eigenvalue weighted by Gasteiger charge is -2.34. The molecule has 1 aromatic carbocycles. The number of carbonyl (C=O) groups excluding carboxylic acids is 1. The second-order valence-corrected chi connectivity index (χ2v) is 5.07. The number of rotatable bonds is 3. The third-order valence-electron chi connectivity index (χ3n) is 2.75. The summed E-state index contributed by atoms with van der Waals surface area (Å²) < 4.78 is 0. The van der Waals surface area contributed by atoms with Gasteiger partial charge in [-0.25, -0.2) is 0 Å². The first-order valence-corrected chi connectivity index (χ1v) is 6.28. The quantitative estimate of drug-likeness (QED) is 0.843. The van der Waals surface area contributed by atoms with Crippen LogP contribution in [0.3, 0.4) is 0 Å². The lowest BCUT2D eigenvalue weighted by atomic mass is 10.0. The average Bonchev–Trinajstić information content (AvgIpc) is 2.27. The van der Waals surface area contributed by atoms with E-state index in [1.807, 2.05) is 13.8 Å². The van der Waals surface area contributed by atoms with Crippen LogP contribution in [0.25, 0.3) is 0 Å². The molecule has 0 fully saturated rings. The van der Waals surface area contributed by atoms with Crippen LogP contribution in [0.5, 0.6) is 11.5 Å². The third-order valence-corrected chi connectivity index (χ3v) is 4.12. The maximum atomic E-state index is 12.1. The zero-order valence-electron chi connectivity index (χ0n) is 10.1. The molecule has 1 rings (SSSR count). The third kappa shape index (κ3) is 2.91. The van der Waals surface area contributed by atoms with Crippen LogP contribution in [-0.4, -0.2) is 38.9 Å². The lowest BCUT2D eigenvalue weighted by Crippen LogP contribution is -2.46. The van der Waals surface area contributed by atoms with Gasteiger partial charge in [0.05, 0.1) is 5.56 Å². The molecule has 0 radical (unpaired) electrons. The molecular weight excluding hydrogens is 286 g/mol. The molecule has 0 spiro atoms. The van der Waals surface area contributed by atoms with Gasteiger partial charge in [0.2, 0.25) is 0 Å². The van der Waals surface area contributed by atoms with E-state index in [9.17, 15) is 15.0 Å². The highest BCUT2D eigenvalue weighted by Gasteiger charge is 2.28. The summed E-state index contributed by atoms with van der Waals surface area (Å²) in [7, 11) is 1.68. The molecule has 94 valence electrons. The molecule has 2 N–H and O–H groups in total. The number of amides is 1. The van der Waals surface area contributed by atoms with Crippen molar-refractivity contribution in [2.24, 2.45) is 0 Å². The number of phenolic OH excluding ortho intramolecular Hbond substituents is 2. The second-order valence-electron chi connectivity index (χ2n) is 4.51. The van der Waals surface area contributed by atoms with Crippen molar-refractivity contribution >= 4 is 21.8 Å². The van der Waals surface area contributed by atoms with Crippen molar-refractivity contribution in [3.8, 4) is 11.5 Å². The molecule has 0 heterocycles. The summed E-state index contributed by atoms with van der Waals surface area (Å²) in [6.07, 6.45) is 0. The van der Waals surface area contributed by atoms with Crippen molar-refractivity contribution in [1.29, 1.82) is 0 Å². The molecule has 0 aliphatic rings. The summed E-state index contributed by atoms with van der Waals surface area (Å²) in [4.78, 5) is 13.7. The van der Waals surface area contributed by atoms with Gasteiger partial charge >= 0.3 is 0 Å². The van der Waals surface area contributed by atoms with E-state index in [0.717, 1.165) is 6.07 Å². The average molecular weight is 302 g/mol. The number of carbonyl (C=O) groups is 1. The fourth-order valence-electron chi connectivity index (χ4n) is 1.25. The van der Waals surface area contributed by atoms with Crippen LogP contribution in [0, 0.1) is 0 Å². The summed E-state index contributed by atoms with van der Waals surface area (Å²) in [6, 6.07) is 3.94. The van der Waals surface area contributed by atoms with Crippen LogP contribution in [-0.2, 0) is 0 Å². The van der Waals surface area contributed by atoms with Gasteiger partial charge < -0.3 is 15.1 Å². The van der Waals surface area contributed by atoms with Crippen molar-refractivity contribution in [2.75, 3.05) is 12.4 Å². The van der Waals surface area contributed by atoms with Crippen LogP contribution < -0.4 is 0 Å². The fraction of sp³-hybridized carbons (Fsp3) is 0.417. The highest BCUT2D eigenvalue weighted by Crippen LogP contribution is 2.26. The predicted molar refractivity (Wildman–Crippen MR) is 69.7 cm³/mol. The molecule has 5 heteroatoms. The SMILES string of the molecule is CN(C(=O)c1ccc(O)cc1O)C(C)(C)CBr. The predicted octanol–water partition coefficient (Wildman–Crippen LogP) is 2.34. The Morgan fingerprint density at radius 1 is 1.41 bits per heavy atom. The number of nitrogens with zero attached hydrogens (tertiary/aromatic N) is 1. The Balaban J connectivity index is 3.05. The molecule has 0 aliphatic carbocycles. The summed E-state index contributed by atoms with van der Waals surface area (Å²) in [5.41, 5.74) is -0.180. The molecular formula is C12H16BrNO3. The van der Waals surface area contributed by atoms with E-state index in [0.29, 0.717) is 5.33 Å². The summed E-state index contributed by atoms with van der Waals surface area (Å²) in [6.45, 7) is 3.83. The van der Waals surface area contributed by atoms with Crippen LogP contribution >= 0.6 is 15.9 Å². The van der Waals surface area contributed by atoms with E-state index in [4.69, 9.17) is 0 Å².